The Hall–Kier alpha value is -1.34. The fourth-order valence-electron chi connectivity index (χ4n) is 0.625. The Labute approximate surface area is 94.6 Å². The lowest BCUT2D eigenvalue weighted by Crippen LogP contribution is -2.09. The Morgan fingerprint density at radius 1 is 1.31 bits per heavy atom. The van der Waals surface area contributed by atoms with Crippen molar-refractivity contribution in [2.24, 2.45) is 0 Å². The Kier molecular flexibility index (Phi) is 7.23. The molecule has 0 radical (unpaired) electrons. The molecule has 0 amide bonds. The van der Waals surface area contributed by atoms with Crippen molar-refractivity contribution < 1.29 is 23.1 Å². The number of hydrogen-bond donors (Lipinski definition) is 0. The summed E-state index contributed by atoms with van der Waals surface area (Å²) in [6.07, 6.45) is 7.58. The fourth-order valence-corrected chi connectivity index (χ4v) is 1.69. The van der Waals surface area contributed by atoms with Gasteiger partial charge in [-0.1, -0.05) is 24.7 Å². The first-order chi connectivity index (χ1) is 7.60. The van der Waals surface area contributed by atoms with E-state index in [4.69, 9.17) is 10.9 Å². The van der Waals surface area contributed by atoms with E-state index in [1.807, 2.05) is 0 Å². The van der Waals surface area contributed by atoms with E-state index in [0.29, 0.717) is 0 Å². The van der Waals surface area contributed by atoms with Crippen LogP contribution in [0.5, 0.6) is 0 Å². The monoisotopic (exact) mass is 244 g/mol. The molecule has 0 fully saturated rings. The summed E-state index contributed by atoms with van der Waals surface area (Å²) >= 11 is 0. The molecular formula is C10H13O5P. The molecule has 5 nitrogen and oxygen atoms in total. The molecule has 0 bridgehead atoms. The van der Waals surface area contributed by atoms with Crippen molar-refractivity contribution in [2.75, 3.05) is 19.8 Å². The van der Waals surface area contributed by atoms with Gasteiger partial charge in [0.2, 0.25) is 0 Å². The molecular weight excluding hydrogens is 231 g/mol. The van der Waals surface area contributed by atoms with Crippen LogP contribution in [0.15, 0.2) is 25.3 Å². The maximum atomic E-state index is 11.8. The number of terminal acetylenes is 1. The predicted molar refractivity (Wildman–Crippen MR) is 60.1 cm³/mol. The normalized spacial score (nSPS) is 13.2. The number of hydrogen-bond acceptors (Lipinski definition) is 5. The van der Waals surface area contributed by atoms with Crippen LogP contribution in [-0.2, 0) is 18.3 Å². The van der Waals surface area contributed by atoms with Crippen molar-refractivity contribution in [3.8, 4) is 12.3 Å². The summed E-state index contributed by atoms with van der Waals surface area (Å²) in [6.45, 7) is 6.20. The van der Waals surface area contributed by atoms with Gasteiger partial charge in [-0.15, -0.1) is 13.0 Å². The third-order valence-corrected chi connectivity index (χ3v) is 2.76. The summed E-state index contributed by atoms with van der Waals surface area (Å²) < 4.78 is 25.8. The zero-order valence-corrected chi connectivity index (χ0v) is 9.65. The second-order valence-corrected chi connectivity index (χ2v) is 4.30. The van der Waals surface area contributed by atoms with Crippen molar-refractivity contribution in [2.45, 2.75) is 0 Å². The van der Waals surface area contributed by atoms with Gasteiger partial charge >= 0.3 is 13.3 Å². The number of carbonyl (C=O) groups is 1. The molecule has 0 aliphatic rings. The zero-order valence-electron chi connectivity index (χ0n) is 8.76. The van der Waals surface area contributed by atoms with E-state index in [2.05, 4.69) is 28.3 Å². The van der Waals surface area contributed by atoms with Gasteiger partial charge in [0, 0.05) is 0 Å². The van der Waals surface area contributed by atoms with Crippen molar-refractivity contribution in [1.82, 2.24) is 0 Å². The molecule has 16 heavy (non-hydrogen) atoms. The van der Waals surface area contributed by atoms with Crippen LogP contribution >= 0.6 is 7.60 Å². The Morgan fingerprint density at radius 2 is 1.94 bits per heavy atom. The first-order valence-electron chi connectivity index (χ1n) is 4.32. The van der Waals surface area contributed by atoms with E-state index < -0.39 is 13.3 Å². The molecule has 0 aromatic rings. The SMILES string of the molecule is C#CCOP(=O)(OCC=C)C(=O)OCC=C. The van der Waals surface area contributed by atoms with Crippen LogP contribution < -0.4 is 0 Å². The van der Waals surface area contributed by atoms with Crippen LogP contribution in [0.2, 0.25) is 0 Å². The maximum Gasteiger partial charge on any atom is 0.439 e. The van der Waals surface area contributed by atoms with E-state index in [9.17, 15) is 9.36 Å². The molecule has 0 aromatic carbocycles. The van der Waals surface area contributed by atoms with Crippen molar-refractivity contribution in [3.63, 3.8) is 0 Å². The van der Waals surface area contributed by atoms with Gasteiger partial charge in [0.1, 0.15) is 13.2 Å². The minimum absolute atomic E-state index is 0.0836. The molecule has 0 saturated carbocycles. The molecule has 1 unspecified atom stereocenters. The Bertz CT molecular complexity index is 342. The molecule has 1 atom stereocenters. The number of rotatable bonds is 8. The van der Waals surface area contributed by atoms with E-state index >= 15 is 0 Å². The smallest absolute Gasteiger partial charge is 0.439 e. The summed E-state index contributed by atoms with van der Waals surface area (Å²) in [5, 5.41) is 0. The van der Waals surface area contributed by atoms with E-state index in [1.54, 1.807) is 0 Å². The van der Waals surface area contributed by atoms with Gasteiger partial charge in [-0.05, 0) is 0 Å². The van der Waals surface area contributed by atoms with Gasteiger partial charge in [-0.2, -0.15) is 0 Å². The maximum absolute atomic E-state index is 11.8. The predicted octanol–water partition coefficient (Wildman–Crippen LogP) is 2.35. The Balaban J connectivity index is 4.56. The van der Waals surface area contributed by atoms with Gasteiger partial charge in [0.15, 0.2) is 0 Å². The van der Waals surface area contributed by atoms with E-state index in [0.717, 1.165) is 0 Å². The molecule has 0 aliphatic heterocycles. The summed E-state index contributed by atoms with van der Waals surface area (Å²) in [7, 11) is -4.00. The molecule has 0 spiro atoms. The van der Waals surface area contributed by atoms with Crippen LogP contribution in [0.3, 0.4) is 0 Å². The van der Waals surface area contributed by atoms with Crippen LogP contribution in [0.4, 0.5) is 4.79 Å². The highest BCUT2D eigenvalue weighted by atomic mass is 31.2. The molecule has 0 aromatic heterocycles. The first kappa shape index (κ1) is 14.7. The number of carbonyl (C=O) groups excluding carboxylic acids is 1. The Morgan fingerprint density at radius 3 is 2.44 bits per heavy atom. The average Bonchev–Trinajstić information content (AvgIpc) is 2.30. The van der Waals surface area contributed by atoms with Gasteiger partial charge in [0.05, 0.1) is 6.61 Å². The second kappa shape index (κ2) is 7.89. The third kappa shape index (κ3) is 4.94. The zero-order chi connectivity index (χ0) is 12.4. The standard InChI is InChI=1S/C10H13O5P/c1-4-7-13-10(11)16(12,14-8-5-2)15-9-6-3/h2,4,6H,1,3,7-9H2. The highest BCUT2D eigenvalue weighted by molar-refractivity contribution is 7.71. The molecule has 0 saturated heterocycles. The summed E-state index contributed by atoms with van der Waals surface area (Å²) in [5.74, 6) is 2.08. The van der Waals surface area contributed by atoms with Crippen LogP contribution in [0, 0.1) is 12.3 Å². The highest BCUT2D eigenvalue weighted by Crippen LogP contribution is 2.49. The first-order valence-corrected chi connectivity index (χ1v) is 5.86. The van der Waals surface area contributed by atoms with Gasteiger partial charge in [0.25, 0.3) is 0 Å². The lowest BCUT2D eigenvalue weighted by molar-refractivity contribution is 0.162. The summed E-state index contributed by atoms with van der Waals surface area (Å²) in [5.41, 5.74) is -1.09. The fraction of sp³-hybridized carbons (Fsp3) is 0.300. The molecule has 6 heteroatoms. The lowest BCUT2D eigenvalue weighted by atomic mass is 10.7. The van der Waals surface area contributed by atoms with Crippen molar-refractivity contribution in [3.05, 3.63) is 25.3 Å². The van der Waals surface area contributed by atoms with Crippen LogP contribution in [-0.4, -0.2) is 25.5 Å². The average molecular weight is 244 g/mol. The van der Waals surface area contributed by atoms with Gasteiger partial charge in [-0.3, -0.25) is 9.05 Å². The van der Waals surface area contributed by atoms with Crippen LogP contribution in [0.1, 0.15) is 0 Å². The molecule has 0 heterocycles. The van der Waals surface area contributed by atoms with Crippen LogP contribution in [0.25, 0.3) is 0 Å². The van der Waals surface area contributed by atoms with Gasteiger partial charge in [-0.25, -0.2) is 9.36 Å². The minimum atomic E-state index is -4.00. The van der Waals surface area contributed by atoms with Gasteiger partial charge < -0.3 is 4.74 Å². The topological polar surface area (TPSA) is 61.8 Å². The molecule has 0 rings (SSSR count). The quantitative estimate of drug-likeness (QED) is 0.372. The molecule has 0 N–H and O–H groups in total. The summed E-state index contributed by atoms with van der Waals surface area (Å²) in [6, 6.07) is 0. The van der Waals surface area contributed by atoms with E-state index in [-0.39, 0.29) is 19.8 Å². The van der Waals surface area contributed by atoms with Crippen molar-refractivity contribution >= 4 is 13.3 Å². The minimum Gasteiger partial charge on any atom is -0.452 e. The third-order valence-electron chi connectivity index (χ3n) is 1.23. The number of ether oxygens (including phenoxy) is 1. The second-order valence-electron chi connectivity index (χ2n) is 2.43. The lowest BCUT2D eigenvalue weighted by Gasteiger charge is -2.14. The molecule has 0 aliphatic carbocycles. The van der Waals surface area contributed by atoms with E-state index in [1.165, 1.54) is 12.2 Å². The summed E-state index contributed by atoms with van der Waals surface area (Å²) in [4.78, 5) is 11.3. The van der Waals surface area contributed by atoms with Crippen molar-refractivity contribution in [1.29, 1.82) is 0 Å². The largest absolute Gasteiger partial charge is 0.452 e. The molecule has 88 valence electrons. The highest BCUT2D eigenvalue weighted by Gasteiger charge is 2.36.